The maximum absolute atomic E-state index is 13.1. The van der Waals surface area contributed by atoms with Gasteiger partial charge in [-0.25, -0.2) is 8.78 Å². The molecule has 3 aromatic rings. The second-order valence-electron chi connectivity index (χ2n) is 6.56. The summed E-state index contributed by atoms with van der Waals surface area (Å²) in [5.41, 5.74) is 1.36. The second kappa shape index (κ2) is 10.1. The summed E-state index contributed by atoms with van der Waals surface area (Å²) in [7, 11) is 0. The first-order valence-corrected chi connectivity index (χ1v) is 9.41. The van der Waals surface area contributed by atoms with Gasteiger partial charge >= 0.3 is 0 Å². The molecule has 0 saturated heterocycles. The third kappa shape index (κ3) is 6.20. The summed E-state index contributed by atoms with van der Waals surface area (Å²) >= 11 is 0. The van der Waals surface area contributed by atoms with Gasteiger partial charge in [0.1, 0.15) is 11.6 Å². The van der Waals surface area contributed by atoms with E-state index in [0.717, 1.165) is 6.07 Å². The number of carbonyl (C=O) groups excluding carboxylic acids is 3. The minimum atomic E-state index is -0.502. The summed E-state index contributed by atoms with van der Waals surface area (Å²) < 4.78 is 26.1. The Bertz CT molecular complexity index is 1080. The standard InChI is InChI=1S/C23H19F2N3O3/c24-18-8-4-16(5-9-18)23(31)28-20-10-6-15(7-11-20)21(29)26-12-13-27-22(30)17-2-1-3-19(25)14-17/h1-11,14H,12-13H2,(H,26,29)(H,27,30)(H,28,31). The van der Waals surface area contributed by atoms with Crippen molar-refractivity contribution in [3.05, 3.63) is 101 Å². The predicted octanol–water partition coefficient (Wildman–Crippen LogP) is 3.38. The van der Waals surface area contributed by atoms with Crippen LogP contribution in [0.3, 0.4) is 0 Å². The van der Waals surface area contributed by atoms with Crippen molar-refractivity contribution in [2.24, 2.45) is 0 Å². The summed E-state index contributed by atoms with van der Waals surface area (Å²) in [4.78, 5) is 36.2. The summed E-state index contributed by atoms with van der Waals surface area (Å²) in [6.45, 7) is 0.357. The summed E-state index contributed by atoms with van der Waals surface area (Å²) in [5.74, 6) is -2.11. The lowest BCUT2D eigenvalue weighted by Crippen LogP contribution is -2.34. The predicted molar refractivity (Wildman–Crippen MR) is 112 cm³/mol. The molecule has 158 valence electrons. The molecule has 0 aliphatic heterocycles. The Morgan fingerprint density at radius 1 is 0.613 bits per heavy atom. The van der Waals surface area contributed by atoms with Crippen molar-refractivity contribution in [1.29, 1.82) is 0 Å². The molecule has 31 heavy (non-hydrogen) atoms. The summed E-state index contributed by atoms with van der Waals surface area (Å²) in [6.07, 6.45) is 0. The largest absolute Gasteiger partial charge is 0.350 e. The monoisotopic (exact) mass is 423 g/mol. The van der Waals surface area contributed by atoms with E-state index in [0.29, 0.717) is 16.8 Å². The van der Waals surface area contributed by atoms with Crippen molar-refractivity contribution in [2.45, 2.75) is 0 Å². The Kier molecular flexibility index (Phi) is 7.05. The molecule has 0 aliphatic carbocycles. The van der Waals surface area contributed by atoms with Crippen LogP contribution in [0.4, 0.5) is 14.5 Å². The molecule has 0 fully saturated rings. The lowest BCUT2D eigenvalue weighted by Gasteiger charge is -2.09. The topological polar surface area (TPSA) is 87.3 Å². The molecule has 0 aromatic heterocycles. The van der Waals surface area contributed by atoms with Gasteiger partial charge in [-0.1, -0.05) is 6.07 Å². The fourth-order valence-corrected chi connectivity index (χ4v) is 2.70. The molecule has 3 amide bonds. The number of benzene rings is 3. The zero-order valence-electron chi connectivity index (χ0n) is 16.3. The Morgan fingerprint density at radius 2 is 1.16 bits per heavy atom. The summed E-state index contributed by atoms with van der Waals surface area (Å²) in [6, 6.07) is 16.7. The van der Waals surface area contributed by atoms with Gasteiger partial charge in [0.05, 0.1) is 0 Å². The maximum Gasteiger partial charge on any atom is 0.255 e. The number of halogens is 2. The van der Waals surface area contributed by atoms with Crippen molar-refractivity contribution >= 4 is 23.4 Å². The smallest absolute Gasteiger partial charge is 0.255 e. The third-order valence-corrected chi connectivity index (χ3v) is 4.29. The van der Waals surface area contributed by atoms with Gasteiger partial charge in [-0.2, -0.15) is 0 Å². The van der Waals surface area contributed by atoms with E-state index >= 15 is 0 Å². The quantitative estimate of drug-likeness (QED) is 0.509. The Morgan fingerprint density at radius 3 is 1.77 bits per heavy atom. The molecule has 0 bridgehead atoms. The van der Waals surface area contributed by atoms with E-state index in [-0.39, 0.29) is 24.6 Å². The van der Waals surface area contributed by atoms with Crippen molar-refractivity contribution < 1.29 is 23.2 Å². The second-order valence-corrected chi connectivity index (χ2v) is 6.56. The van der Waals surface area contributed by atoms with E-state index < -0.39 is 23.4 Å². The van der Waals surface area contributed by atoms with Crippen molar-refractivity contribution in [3.8, 4) is 0 Å². The molecule has 0 radical (unpaired) electrons. The number of carbonyl (C=O) groups is 3. The molecule has 0 saturated carbocycles. The normalized spacial score (nSPS) is 10.3. The lowest BCUT2D eigenvalue weighted by molar-refractivity contribution is 0.0927. The molecule has 0 atom stereocenters. The average molecular weight is 423 g/mol. The molecule has 3 N–H and O–H groups in total. The molecule has 0 unspecified atom stereocenters. The van der Waals surface area contributed by atoms with Crippen LogP contribution in [0.15, 0.2) is 72.8 Å². The van der Waals surface area contributed by atoms with E-state index in [2.05, 4.69) is 16.0 Å². The van der Waals surface area contributed by atoms with Gasteiger partial charge in [0, 0.05) is 35.5 Å². The van der Waals surface area contributed by atoms with Gasteiger partial charge in [0.2, 0.25) is 0 Å². The number of nitrogens with one attached hydrogen (secondary N) is 3. The van der Waals surface area contributed by atoms with E-state index in [9.17, 15) is 23.2 Å². The molecular formula is C23H19F2N3O3. The number of amides is 3. The van der Waals surface area contributed by atoms with Gasteiger partial charge in [-0.3, -0.25) is 14.4 Å². The highest BCUT2D eigenvalue weighted by Crippen LogP contribution is 2.12. The highest BCUT2D eigenvalue weighted by molar-refractivity contribution is 6.04. The molecule has 6 nitrogen and oxygen atoms in total. The van der Waals surface area contributed by atoms with Crippen molar-refractivity contribution in [1.82, 2.24) is 10.6 Å². The van der Waals surface area contributed by atoms with E-state index in [1.165, 1.54) is 42.5 Å². The maximum atomic E-state index is 13.1. The fourth-order valence-electron chi connectivity index (χ4n) is 2.70. The van der Waals surface area contributed by atoms with Crippen LogP contribution in [0.2, 0.25) is 0 Å². The SMILES string of the molecule is O=C(NCCNC(=O)c1cccc(F)c1)c1ccc(NC(=O)c2ccc(F)cc2)cc1. The number of hydrogen-bond donors (Lipinski definition) is 3. The Balaban J connectivity index is 1.45. The fraction of sp³-hybridized carbons (Fsp3) is 0.0870. The molecule has 3 aromatic carbocycles. The molecule has 0 spiro atoms. The first-order valence-electron chi connectivity index (χ1n) is 9.41. The van der Waals surface area contributed by atoms with E-state index in [1.807, 2.05) is 0 Å². The van der Waals surface area contributed by atoms with Crippen molar-refractivity contribution in [2.75, 3.05) is 18.4 Å². The molecule has 8 heteroatoms. The van der Waals surface area contributed by atoms with Gasteiger partial charge in [0.25, 0.3) is 17.7 Å². The Labute approximate surface area is 177 Å². The van der Waals surface area contributed by atoms with Crippen LogP contribution in [0.1, 0.15) is 31.1 Å². The van der Waals surface area contributed by atoms with Gasteiger partial charge in [-0.15, -0.1) is 0 Å². The van der Waals surface area contributed by atoms with Crippen LogP contribution >= 0.6 is 0 Å². The number of hydrogen-bond acceptors (Lipinski definition) is 3. The molecule has 0 heterocycles. The number of anilines is 1. The molecular weight excluding hydrogens is 404 g/mol. The third-order valence-electron chi connectivity index (χ3n) is 4.29. The van der Waals surface area contributed by atoms with Crippen LogP contribution in [-0.2, 0) is 0 Å². The van der Waals surface area contributed by atoms with Gasteiger partial charge in [-0.05, 0) is 66.7 Å². The van der Waals surface area contributed by atoms with Crippen LogP contribution in [-0.4, -0.2) is 30.8 Å². The van der Waals surface area contributed by atoms with Gasteiger partial charge in [0.15, 0.2) is 0 Å². The van der Waals surface area contributed by atoms with Crippen LogP contribution < -0.4 is 16.0 Å². The van der Waals surface area contributed by atoms with Gasteiger partial charge < -0.3 is 16.0 Å². The average Bonchev–Trinajstić information content (AvgIpc) is 2.77. The minimum absolute atomic E-state index is 0.174. The van der Waals surface area contributed by atoms with Crippen LogP contribution in [0.25, 0.3) is 0 Å². The molecule has 0 aliphatic rings. The van der Waals surface area contributed by atoms with Crippen molar-refractivity contribution in [3.63, 3.8) is 0 Å². The zero-order chi connectivity index (χ0) is 22.2. The summed E-state index contributed by atoms with van der Waals surface area (Å²) in [5, 5.41) is 7.91. The highest BCUT2D eigenvalue weighted by atomic mass is 19.1. The highest BCUT2D eigenvalue weighted by Gasteiger charge is 2.09. The lowest BCUT2D eigenvalue weighted by atomic mass is 10.1. The van der Waals surface area contributed by atoms with E-state index in [4.69, 9.17) is 0 Å². The van der Waals surface area contributed by atoms with Crippen LogP contribution in [0.5, 0.6) is 0 Å². The first-order chi connectivity index (χ1) is 14.9. The van der Waals surface area contributed by atoms with E-state index in [1.54, 1.807) is 24.3 Å². The first kappa shape index (κ1) is 21.6. The zero-order valence-corrected chi connectivity index (χ0v) is 16.3. The molecule has 3 rings (SSSR count). The Hall–Kier alpha value is -4.07. The minimum Gasteiger partial charge on any atom is -0.350 e. The van der Waals surface area contributed by atoms with Crippen LogP contribution in [0, 0.1) is 11.6 Å². The number of rotatable bonds is 7.